The Morgan fingerprint density at radius 2 is 1.47 bits per heavy atom. The number of carboxylic acid groups (broad SMARTS) is 1. The Morgan fingerprint density at radius 1 is 0.860 bits per heavy atom. The van der Waals surface area contributed by atoms with Crippen LogP contribution in [0.4, 0.5) is 0 Å². The smallest absolute Gasteiger partial charge is 0.305 e. The number of carbonyl (C=O) groups is 6. The monoisotopic (exact) mass is 598 g/mol. The lowest BCUT2D eigenvalue weighted by atomic mass is 9.98. The van der Waals surface area contributed by atoms with E-state index in [-0.39, 0.29) is 24.7 Å². The fraction of sp³-hybridized carbons (Fsp3) is 0.533. The average Bonchev–Trinajstić information content (AvgIpc) is 3.34. The summed E-state index contributed by atoms with van der Waals surface area (Å²) in [5.74, 6) is -5.18. The van der Waals surface area contributed by atoms with Gasteiger partial charge in [0.1, 0.15) is 30.2 Å². The molecular weight excluding hydrogens is 556 g/mol. The lowest BCUT2D eigenvalue weighted by Gasteiger charge is -2.30. The molecule has 0 spiro atoms. The van der Waals surface area contributed by atoms with E-state index in [0.29, 0.717) is 5.56 Å². The van der Waals surface area contributed by atoms with Crippen LogP contribution in [0.3, 0.4) is 0 Å². The van der Waals surface area contributed by atoms with E-state index >= 15 is 0 Å². The van der Waals surface area contributed by atoms with Crippen LogP contribution in [0.2, 0.25) is 0 Å². The number of likely N-dealkylation sites (N-methyl/N-ethyl adjacent to an activating group) is 1. The maximum Gasteiger partial charge on any atom is 0.305 e. The van der Waals surface area contributed by atoms with Gasteiger partial charge >= 0.3 is 5.97 Å². The second kappa shape index (κ2) is 14.2. The van der Waals surface area contributed by atoms with Crippen LogP contribution in [0.1, 0.15) is 53.0 Å². The molecule has 3 rings (SSSR count). The Balaban J connectivity index is 2.09. The fourth-order valence-corrected chi connectivity index (χ4v) is 5.03. The van der Waals surface area contributed by atoms with Crippen LogP contribution in [0, 0.1) is 11.8 Å². The number of rotatable bonds is 7. The zero-order valence-electron chi connectivity index (χ0n) is 25.4. The highest BCUT2D eigenvalue weighted by Crippen LogP contribution is 2.20. The molecule has 43 heavy (non-hydrogen) atoms. The predicted octanol–water partition coefficient (Wildman–Crippen LogP) is 0.687. The Bertz CT molecular complexity index is 1370. The Morgan fingerprint density at radius 3 is 2.09 bits per heavy atom. The third kappa shape index (κ3) is 8.33. The normalized spacial score (nSPS) is 24.7. The number of hydrogen-bond donors (Lipinski definition) is 6. The number of fused-ring (bicyclic) bond motifs is 1. The first-order valence-corrected chi connectivity index (χ1v) is 14.4. The van der Waals surface area contributed by atoms with E-state index in [1.165, 1.54) is 14.0 Å². The first kappa shape index (κ1) is 33.1. The number of aromatic amines is 1. The van der Waals surface area contributed by atoms with Crippen LogP contribution in [0.15, 0.2) is 30.5 Å². The fourth-order valence-electron chi connectivity index (χ4n) is 5.03. The highest BCUT2D eigenvalue weighted by Gasteiger charge is 2.37. The van der Waals surface area contributed by atoms with Crippen molar-refractivity contribution in [2.75, 3.05) is 7.05 Å². The van der Waals surface area contributed by atoms with E-state index in [1.54, 1.807) is 20.0 Å². The summed E-state index contributed by atoms with van der Waals surface area (Å²) in [6.07, 6.45) is 1.23. The lowest BCUT2D eigenvalue weighted by Crippen LogP contribution is -2.59. The number of nitrogens with zero attached hydrogens (tertiary/aromatic N) is 1. The minimum absolute atomic E-state index is 0.0127. The lowest BCUT2D eigenvalue weighted by molar-refractivity contribution is -0.146. The summed E-state index contributed by atoms with van der Waals surface area (Å²) in [7, 11) is 1.32. The summed E-state index contributed by atoms with van der Waals surface area (Å²) in [6.45, 7) is 8.67. The average molecular weight is 599 g/mol. The van der Waals surface area contributed by atoms with Crippen LogP contribution in [-0.4, -0.2) is 87.8 Å². The van der Waals surface area contributed by atoms with Crippen molar-refractivity contribution in [3.63, 3.8) is 0 Å². The van der Waals surface area contributed by atoms with Crippen molar-refractivity contribution in [2.45, 2.75) is 84.1 Å². The van der Waals surface area contributed by atoms with Gasteiger partial charge in [-0.05, 0) is 36.8 Å². The minimum Gasteiger partial charge on any atom is -0.481 e. The van der Waals surface area contributed by atoms with Gasteiger partial charge in [0.2, 0.25) is 29.5 Å². The number of aliphatic carboxylic acids is 1. The predicted molar refractivity (Wildman–Crippen MR) is 159 cm³/mol. The number of para-hydroxylation sites is 1. The number of benzene rings is 1. The SMILES string of the molecule is CC(C)C[C@H]1NC(=O)[C@H](C(C)C)NC(=O)[C@@H](C)N(C)C(=O)[C@H](CC(=O)O)NC(=O)[C@H](Cc2c[nH]c3ccccc23)NC1=O. The minimum atomic E-state index is -1.52. The van der Waals surface area contributed by atoms with Gasteiger partial charge in [-0.2, -0.15) is 0 Å². The van der Waals surface area contributed by atoms with Crippen molar-refractivity contribution in [3.05, 3.63) is 36.0 Å². The highest BCUT2D eigenvalue weighted by molar-refractivity contribution is 5.99. The van der Waals surface area contributed by atoms with Crippen LogP contribution in [0.5, 0.6) is 0 Å². The Labute approximate surface area is 250 Å². The van der Waals surface area contributed by atoms with Gasteiger partial charge in [0, 0.05) is 30.6 Å². The third-order valence-electron chi connectivity index (χ3n) is 7.62. The van der Waals surface area contributed by atoms with E-state index in [4.69, 9.17) is 0 Å². The second-order valence-electron chi connectivity index (χ2n) is 11.8. The van der Waals surface area contributed by atoms with Crippen molar-refractivity contribution in [2.24, 2.45) is 11.8 Å². The zero-order valence-corrected chi connectivity index (χ0v) is 25.4. The molecule has 1 aliphatic heterocycles. The molecule has 0 aliphatic carbocycles. The van der Waals surface area contributed by atoms with E-state index in [1.807, 2.05) is 38.1 Å². The number of amides is 5. The molecule has 234 valence electrons. The molecule has 0 saturated carbocycles. The van der Waals surface area contributed by atoms with Crippen LogP contribution in [-0.2, 0) is 35.2 Å². The summed E-state index contributed by atoms with van der Waals surface area (Å²) in [4.78, 5) is 83.3. The number of carbonyl (C=O) groups excluding carboxylic acids is 5. The van der Waals surface area contributed by atoms with Gasteiger partial charge in [-0.3, -0.25) is 28.8 Å². The molecule has 13 nitrogen and oxygen atoms in total. The maximum absolute atomic E-state index is 13.7. The summed E-state index contributed by atoms with van der Waals surface area (Å²) >= 11 is 0. The molecule has 1 fully saturated rings. The molecule has 1 saturated heterocycles. The van der Waals surface area contributed by atoms with Gasteiger partial charge < -0.3 is 36.3 Å². The Kier molecular flexibility index (Phi) is 10.9. The summed E-state index contributed by atoms with van der Waals surface area (Å²) in [6, 6.07) is 1.49. The van der Waals surface area contributed by atoms with E-state index in [0.717, 1.165) is 15.8 Å². The molecule has 0 radical (unpaired) electrons. The maximum atomic E-state index is 13.7. The largest absolute Gasteiger partial charge is 0.481 e. The molecule has 1 aromatic heterocycles. The number of carboxylic acids is 1. The molecule has 2 aromatic rings. The van der Waals surface area contributed by atoms with Crippen molar-refractivity contribution >= 4 is 46.4 Å². The highest BCUT2D eigenvalue weighted by atomic mass is 16.4. The van der Waals surface area contributed by atoms with Gasteiger partial charge in [0.15, 0.2) is 0 Å². The molecule has 1 aliphatic rings. The molecule has 1 aromatic carbocycles. The van der Waals surface area contributed by atoms with Crippen LogP contribution in [0.25, 0.3) is 10.9 Å². The molecule has 5 amide bonds. The molecule has 2 heterocycles. The molecule has 0 bridgehead atoms. The van der Waals surface area contributed by atoms with Crippen LogP contribution >= 0.6 is 0 Å². The molecular formula is C30H42N6O7. The molecule has 5 atom stereocenters. The Hall–Kier alpha value is -4.42. The number of hydrogen-bond acceptors (Lipinski definition) is 6. The van der Waals surface area contributed by atoms with Crippen LogP contribution < -0.4 is 21.3 Å². The molecule has 13 heteroatoms. The first-order valence-electron chi connectivity index (χ1n) is 14.4. The van der Waals surface area contributed by atoms with Gasteiger partial charge in [-0.1, -0.05) is 45.9 Å². The van der Waals surface area contributed by atoms with Crippen molar-refractivity contribution in [3.8, 4) is 0 Å². The quantitative estimate of drug-likeness (QED) is 0.270. The summed E-state index contributed by atoms with van der Waals surface area (Å²) < 4.78 is 0. The van der Waals surface area contributed by atoms with Gasteiger partial charge in [-0.25, -0.2) is 0 Å². The van der Waals surface area contributed by atoms with E-state index in [2.05, 4.69) is 26.3 Å². The van der Waals surface area contributed by atoms with Gasteiger partial charge in [0.25, 0.3) is 0 Å². The van der Waals surface area contributed by atoms with Crippen molar-refractivity contribution in [1.82, 2.24) is 31.2 Å². The first-order chi connectivity index (χ1) is 20.2. The molecule has 0 unspecified atom stereocenters. The van der Waals surface area contributed by atoms with E-state index < -0.39 is 72.1 Å². The van der Waals surface area contributed by atoms with Crippen molar-refractivity contribution < 1.29 is 33.9 Å². The number of nitrogens with one attached hydrogen (secondary N) is 5. The second-order valence-corrected chi connectivity index (χ2v) is 11.8. The summed E-state index contributed by atoms with van der Waals surface area (Å²) in [5.41, 5.74) is 1.53. The summed E-state index contributed by atoms with van der Waals surface area (Å²) in [5, 5.41) is 21.0. The standard InChI is InChI=1S/C30H42N6O7/c1-15(2)11-21-27(40)32-22(12-18-14-31-20-10-8-7-9-19(18)20)28(41)34-23(13-24(37)38)30(43)36(6)17(5)26(39)35-25(16(3)4)29(42)33-21/h7-10,14-17,21-23,25,31H,11-13H2,1-6H3,(H,32,40)(H,33,42)(H,34,41)(H,35,39)(H,37,38)/t17-,21-,22+,23+,25+/m1/s1. The van der Waals surface area contributed by atoms with Gasteiger partial charge in [0.05, 0.1) is 6.42 Å². The molecule has 6 N–H and O–H groups in total. The van der Waals surface area contributed by atoms with Crippen molar-refractivity contribution in [1.29, 1.82) is 0 Å². The third-order valence-corrected chi connectivity index (χ3v) is 7.62. The topological polar surface area (TPSA) is 190 Å². The number of H-pyrrole nitrogens is 1. The van der Waals surface area contributed by atoms with E-state index in [9.17, 15) is 33.9 Å². The zero-order chi connectivity index (χ0) is 32.0. The number of aromatic nitrogens is 1. The van der Waals surface area contributed by atoms with Gasteiger partial charge in [-0.15, -0.1) is 0 Å².